The van der Waals surface area contributed by atoms with Crippen molar-refractivity contribution in [1.29, 1.82) is 0 Å². The number of rotatable bonds is 4. The monoisotopic (exact) mass is 393 g/mol. The van der Waals surface area contributed by atoms with Crippen LogP contribution in [0, 0.1) is 5.82 Å². The van der Waals surface area contributed by atoms with Gasteiger partial charge in [-0.3, -0.25) is 9.69 Å². The predicted octanol–water partition coefficient (Wildman–Crippen LogP) is 4.89. The molecule has 3 rings (SSSR count). The lowest BCUT2D eigenvalue weighted by Crippen LogP contribution is -2.22. The van der Waals surface area contributed by atoms with Crippen LogP contribution in [-0.2, 0) is 11.4 Å². The van der Waals surface area contributed by atoms with Gasteiger partial charge in [0.25, 0.3) is 5.91 Å². The highest BCUT2D eigenvalue weighted by Gasteiger charge is 2.28. The van der Waals surface area contributed by atoms with E-state index in [0.717, 1.165) is 5.56 Å². The Bertz CT molecular complexity index is 868. The summed E-state index contributed by atoms with van der Waals surface area (Å²) in [5.41, 5.74) is 1.52. The zero-order valence-corrected chi connectivity index (χ0v) is 15.6. The number of benzene rings is 2. The third-order valence-electron chi connectivity index (χ3n) is 3.55. The van der Waals surface area contributed by atoms with Crippen LogP contribution >= 0.6 is 35.6 Å². The maximum Gasteiger partial charge on any atom is 0.265 e. The van der Waals surface area contributed by atoms with E-state index in [0.29, 0.717) is 25.6 Å². The number of ether oxygens (including phenoxy) is 1. The van der Waals surface area contributed by atoms with Gasteiger partial charge in [-0.05, 0) is 42.0 Å². The van der Waals surface area contributed by atoms with Crippen molar-refractivity contribution in [3.63, 3.8) is 0 Å². The highest BCUT2D eigenvalue weighted by molar-refractivity contribution is 8.26. The van der Waals surface area contributed by atoms with Gasteiger partial charge in [0, 0.05) is 17.6 Å². The first kappa shape index (κ1) is 17.9. The number of halogens is 2. The molecular formula is C18H13ClFNO2S2. The van der Waals surface area contributed by atoms with Gasteiger partial charge in [0.2, 0.25) is 0 Å². The first-order chi connectivity index (χ1) is 11.9. The lowest BCUT2D eigenvalue weighted by Gasteiger charge is -2.10. The van der Waals surface area contributed by atoms with Crippen LogP contribution in [0.5, 0.6) is 5.75 Å². The van der Waals surface area contributed by atoms with E-state index in [4.69, 9.17) is 28.6 Å². The van der Waals surface area contributed by atoms with Crippen molar-refractivity contribution >= 4 is 51.9 Å². The minimum absolute atomic E-state index is 0.153. The molecule has 7 heteroatoms. The normalized spacial score (nSPS) is 16.0. The Kier molecular flexibility index (Phi) is 5.42. The van der Waals surface area contributed by atoms with Crippen molar-refractivity contribution in [2.75, 3.05) is 7.05 Å². The number of carbonyl (C=O) groups is 1. The Morgan fingerprint density at radius 2 is 2.00 bits per heavy atom. The van der Waals surface area contributed by atoms with Gasteiger partial charge in [-0.1, -0.05) is 47.7 Å². The van der Waals surface area contributed by atoms with E-state index in [9.17, 15) is 9.18 Å². The Morgan fingerprint density at radius 1 is 1.28 bits per heavy atom. The minimum atomic E-state index is -0.294. The standard InChI is InChI=1S/C18H13ClFNO2S2/c1-21-17(22)16(25-18(21)24)9-12-8-13(19)4-7-15(12)23-10-11-2-5-14(20)6-3-11/h2-9H,10H2,1H3/b16-9-. The minimum Gasteiger partial charge on any atom is -0.488 e. The molecule has 1 aliphatic heterocycles. The highest BCUT2D eigenvalue weighted by atomic mass is 35.5. The third kappa shape index (κ3) is 4.21. The van der Waals surface area contributed by atoms with E-state index >= 15 is 0 Å². The van der Waals surface area contributed by atoms with Crippen LogP contribution < -0.4 is 4.74 Å². The van der Waals surface area contributed by atoms with Gasteiger partial charge in [-0.15, -0.1) is 0 Å². The third-order valence-corrected chi connectivity index (χ3v) is 5.27. The number of hydrogen-bond donors (Lipinski definition) is 0. The molecule has 0 unspecified atom stereocenters. The van der Waals surface area contributed by atoms with Crippen molar-refractivity contribution in [1.82, 2.24) is 4.90 Å². The molecule has 128 valence electrons. The number of thioether (sulfide) groups is 1. The molecule has 2 aromatic rings. The first-order valence-electron chi connectivity index (χ1n) is 7.32. The Labute approximate surface area is 159 Å². The second-order valence-corrected chi connectivity index (χ2v) is 7.45. The summed E-state index contributed by atoms with van der Waals surface area (Å²) in [4.78, 5) is 14.1. The number of hydrogen-bond acceptors (Lipinski definition) is 4. The van der Waals surface area contributed by atoms with E-state index < -0.39 is 0 Å². The predicted molar refractivity (Wildman–Crippen MR) is 103 cm³/mol. The van der Waals surface area contributed by atoms with Crippen LogP contribution in [0.2, 0.25) is 5.02 Å². The smallest absolute Gasteiger partial charge is 0.265 e. The summed E-state index contributed by atoms with van der Waals surface area (Å²) in [6.45, 7) is 0.275. The molecule has 25 heavy (non-hydrogen) atoms. The van der Waals surface area contributed by atoms with Crippen LogP contribution in [0.15, 0.2) is 47.4 Å². The maximum absolute atomic E-state index is 13.0. The highest BCUT2D eigenvalue weighted by Crippen LogP contribution is 2.34. The van der Waals surface area contributed by atoms with Crippen molar-refractivity contribution in [2.24, 2.45) is 0 Å². The fourth-order valence-electron chi connectivity index (χ4n) is 2.19. The van der Waals surface area contributed by atoms with E-state index in [-0.39, 0.29) is 18.3 Å². The van der Waals surface area contributed by atoms with Gasteiger partial charge in [0.05, 0.1) is 4.91 Å². The molecule has 1 amide bonds. The molecule has 3 nitrogen and oxygen atoms in total. The molecule has 0 bridgehead atoms. The number of thiocarbonyl (C=S) groups is 1. The van der Waals surface area contributed by atoms with Gasteiger partial charge in [-0.25, -0.2) is 4.39 Å². The molecule has 1 aliphatic rings. The number of amides is 1. The van der Waals surface area contributed by atoms with Gasteiger partial charge in [0.15, 0.2) is 0 Å². The number of likely N-dealkylation sites (N-methyl/N-ethyl adjacent to an activating group) is 1. The molecule has 0 atom stereocenters. The number of carbonyl (C=O) groups excluding carboxylic acids is 1. The first-order valence-corrected chi connectivity index (χ1v) is 8.92. The summed E-state index contributed by atoms with van der Waals surface area (Å²) < 4.78 is 19.3. The molecular weight excluding hydrogens is 381 g/mol. The topological polar surface area (TPSA) is 29.5 Å². The van der Waals surface area contributed by atoms with Gasteiger partial charge in [-0.2, -0.15) is 0 Å². The molecule has 0 spiro atoms. The van der Waals surface area contributed by atoms with Gasteiger partial charge >= 0.3 is 0 Å². The Balaban J connectivity index is 1.84. The summed E-state index contributed by atoms with van der Waals surface area (Å²) in [6.07, 6.45) is 1.72. The largest absolute Gasteiger partial charge is 0.488 e. The summed E-state index contributed by atoms with van der Waals surface area (Å²) in [7, 11) is 1.64. The van der Waals surface area contributed by atoms with Crippen molar-refractivity contribution in [3.05, 3.63) is 69.3 Å². The van der Waals surface area contributed by atoms with Crippen LogP contribution in [0.25, 0.3) is 6.08 Å². The molecule has 0 aromatic heterocycles. The molecule has 1 saturated heterocycles. The zero-order chi connectivity index (χ0) is 18.0. The molecule has 2 aromatic carbocycles. The van der Waals surface area contributed by atoms with Gasteiger partial charge in [0.1, 0.15) is 22.5 Å². The van der Waals surface area contributed by atoms with Crippen LogP contribution in [0.3, 0.4) is 0 Å². The van der Waals surface area contributed by atoms with Crippen LogP contribution in [0.1, 0.15) is 11.1 Å². The quantitative estimate of drug-likeness (QED) is 0.546. The van der Waals surface area contributed by atoms with E-state index in [1.807, 2.05) is 0 Å². The average Bonchev–Trinajstić information content (AvgIpc) is 2.83. The Morgan fingerprint density at radius 3 is 2.64 bits per heavy atom. The van der Waals surface area contributed by atoms with Crippen LogP contribution in [-0.4, -0.2) is 22.2 Å². The molecule has 0 aliphatic carbocycles. The second kappa shape index (κ2) is 7.56. The zero-order valence-electron chi connectivity index (χ0n) is 13.2. The van der Waals surface area contributed by atoms with Crippen molar-refractivity contribution in [2.45, 2.75) is 6.61 Å². The summed E-state index contributed by atoms with van der Waals surface area (Å²) in [5, 5.41) is 0.535. The average molecular weight is 394 g/mol. The molecule has 1 fully saturated rings. The van der Waals surface area contributed by atoms with Crippen LogP contribution in [0.4, 0.5) is 4.39 Å². The van der Waals surface area contributed by atoms with Gasteiger partial charge < -0.3 is 4.74 Å². The number of nitrogens with zero attached hydrogens (tertiary/aromatic N) is 1. The van der Waals surface area contributed by atoms with E-state index in [1.165, 1.54) is 28.8 Å². The summed E-state index contributed by atoms with van der Waals surface area (Å²) in [5.74, 6) is 0.132. The second-order valence-electron chi connectivity index (χ2n) is 5.34. The molecule has 0 saturated carbocycles. The van der Waals surface area contributed by atoms with E-state index in [1.54, 1.807) is 43.5 Å². The summed E-state index contributed by atoms with van der Waals surface area (Å²) in [6, 6.07) is 11.3. The lowest BCUT2D eigenvalue weighted by atomic mass is 10.1. The van der Waals surface area contributed by atoms with E-state index in [2.05, 4.69) is 0 Å². The molecule has 0 N–H and O–H groups in total. The summed E-state index contributed by atoms with van der Waals surface area (Å²) >= 11 is 12.4. The van der Waals surface area contributed by atoms with Crippen molar-refractivity contribution < 1.29 is 13.9 Å². The Hall–Kier alpha value is -1.89. The maximum atomic E-state index is 13.0. The SMILES string of the molecule is CN1C(=O)/C(=C/c2cc(Cl)ccc2OCc2ccc(F)cc2)SC1=S. The molecule has 0 radical (unpaired) electrons. The molecule has 1 heterocycles. The lowest BCUT2D eigenvalue weighted by molar-refractivity contribution is -0.121. The fraction of sp³-hybridized carbons (Fsp3) is 0.111. The van der Waals surface area contributed by atoms with Crippen molar-refractivity contribution in [3.8, 4) is 5.75 Å². The fourth-order valence-corrected chi connectivity index (χ4v) is 3.54.